The Bertz CT molecular complexity index is 1390. The number of benzene rings is 2. The SMILES string of the molecule is COc1cc(C=c2sc3nc4cc(C)c(C)cc4n3c2=O)cc(OC)c1OC(C)=O. The number of aromatic nitrogens is 2. The minimum absolute atomic E-state index is 0.136. The fraction of sp³-hybridized carbons (Fsp3) is 0.227. The lowest BCUT2D eigenvalue weighted by Crippen LogP contribution is -2.22. The van der Waals surface area contributed by atoms with Gasteiger partial charge in [0, 0.05) is 6.92 Å². The van der Waals surface area contributed by atoms with Crippen LogP contribution in [0.25, 0.3) is 22.1 Å². The second-order valence-electron chi connectivity index (χ2n) is 6.92. The molecule has 4 rings (SSSR count). The Labute approximate surface area is 176 Å². The Hall–Kier alpha value is -3.39. The largest absolute Gasteiger partial charge is 0.493 e. The molecule has 7 nitrogen and oxygen atoms in total. The number of carbonyl (C=O) groups excluding carboxylic acids is 1. The van der Waals surface area contributed by atoms with E-state index in [1.807, 2.05) is 26.0 Å². The molecule has 2 aromatic heterocycles. The van der Waals surface area contributed by atoms with Crippen molar-refractivity contribution in [3.63, 3.8) is 0 Å². The molecule has 2 aromatic carbocycles. The lowest BCUT2D eigenvalue weighted by molar-refractivity contribution is -0.132. The number of esters is 1. The van der Waals surface area contributed by atoms with E-state index >= 15 is 0 Å². The molecule has 0 amide bonds. The topological polar surface area (TPSA) is 79.1 Å². The van der Waals surface area contributed by atoms with Crippen molar-refractivity contribution in [2.75, 3.05) is 14.2 Å². The zero-order valence-corrected chi connectivity index (χ0v) is 18.0. The number of hydrogen-bond donors (Lipinski definition) is 0. The first-order valence-electron chi connectivity index (χ1n) is 9.20. The van der Waals surface area contributed by atoms with Gasteiger partial charge in [-0.3, -0.25) is 9.59 Å². The molecule has 0 aliphatic rings. The second-order valence-corrected chi connectivity index (χ2v) is 7.93. The third-order valence-electron chi connectivity index (χ3n) is 4.88. The fourth-order valence-electron chi connectivity index (χ4n) is 3.30. The number of nitrogens with zero attached hydrogens (tertiary/aromatic N) is 2. The number of hydrogen-bond acceptors (Lipinski definition) is 7. The predicted molar refractivity (Wildman–Crippen MR) is 116 cm³/mol. The third-order valence-corrected chi connectivity index (χ3v) is 5.85. The maximum atomic E-state index is 13.1. The summed E-state index contributed by atoms with van der Waals surface area (Å²) in [6, 6.07) is 7.36. The molecule has 0 fully saturated rings. The van der Waals surface area contributed by atoms with Crippen molar-refractivity contribution in [3.8, 4) is 17.2 Å². The van der Waals surface area contributed by atoms with Crippen LogP contribution in [0, 0.1) is 13.8 Å². The molecular formula is C22H20N2O5S. The molecule has 0 spiro atoms. The van der Waals surface area contributed by atoms with Crippen molar-refractivity contribution < 1.29 is 19.0 Å². The van der Waals surface area contributed by atoms with Gasteiger partial charge in [0.2, 0.25) is 5.75 Å². The van der Waals surface area contributed by atoms with E-state index in [0.29, 0.717) is 26.6 Å². The minimum atomic E-state index is -0.484. The lowest BCUT2D eigenvalue weighted by Gasteiger charge is -2.13. The average molecular weight is 424 g/mol. The molecule has 0 bridgehead atoms. The molecule has 0 N–H and O–H groups in total. The molecule has 0 saturated heterocycles. The Balaban J connectivity index is 1.91. The number of thiazole rings is 1. The summed E-state index contributed by atoms with van der Waals surface area (Å²) in [4.78, 5) is 29.7. The van der Waals surface area contributed by atoms with Crippen molar-refractivity contribution >= 4 is 39.4 Å². The normalized spacial score (nSPS) is 12.0. The van der Waals surface area contributed by atoms with Crippen molar-refractivity contribution in [3.05, 3.63) is 55.8 Å². The van der Waals surface area contributed by atoms with Crippen molar-refractivity contribution in [2.24, 2.45) is 0 Å². The van der Waals surface area contributed by atoms with E-state index < -0.39 is 5.97 Å². The molecule has 8 heteroatoms. The van der Waals surface area contributed by atoms with Crippen molar-refractivity contribution in [2.45, 2.75) is 20.8 Å². The zero-order valence-electron chi connectivity index (χ0n) is 17.2. The monoisotopic (exact) mass is 424 g/mol. The molecule has 2 heterocycles. The van der Waals surface area contributed by atoms with Gasteiger partial charge in [-0.05, 0) is 60.9 Å². The Morgan fingerprint density at radius 2 is 1.70 bits per heavy atom. The van der Waals surface area contributed by atoms with Crippen LogP contribution in [0.15, 0.2) is 29.1 Å². The molecule has 4 aromatic rings. The van der Waals surface area contributed by atoms with Gasteiger partial charge in [-0.1, -0.05) is 11.3 Å². The van der Waals surface area contributed by atoms with Crippen LogP contribution in [-0.4, -0.2) is 29.6 Å². The molecule has 30 heavy (non-hydrogen) atoms. The average Bonchev–Trinajstić information content (AvgIpc) is 3.18. The first kappa shape index (κ1) is 19.9. The van der Waals surface area contributed by atoms with Crippen LogP contribution in [0.2, 0.25) is 0 Å². The maximum Gasteiger partial charge on any atom is 0.308 e. The highest BCUT2D eigenvalue weighted by Crippen LogP contribution is 2.38. The number of aryl methyl sites for hydroxylation is 2. The van der Waals surface area contributed by atoms with Gasteiger partial charge in [-0.25, -0.2) is 9.38 Å². The number of ether oxygens (including phenoxy) is 3. The summed E-state index contributed by atoms with van der Waals surface area (Å²) in [7, 11) is 2.94. The van der Waals surface area contributed by atoms with Crippen LogP contribution in [0.3, 0.4) is 0 Å². The van der Waals surface area contributed by atoms with Crippen molar-refractivity contribution in [1.82, 2.24) is 9.38 Å². The summed E-state index contributed by atoms with van der Waals surface area (Å²) < 4.78 is 18.1. The summed E-state index contributed by atoms with van der Waals surface area (Å²) in [6.45, 7) is 5.35. The van der Waals surface area contributed by atoms with E-state index in [-0.39, 0.29) is 11.3 Å². The smallest absolute Gasteiger partial charge is 0.308 e. The number of methoxy groups -OCH3 is 2. The maximum absolute atomic E-state index is 13.1. The van der Waals surface area contributed by atoms with Crippen molar-refractivity contribution in [1.29, 1.82) is 0 Å². The predicted octanol–water partition coefficient (Wildman–Crippen LogP) is 3.02. The molecule has 0 radical (unpaired) electrons. The molecule has 0 aliphatic carbocycles. The van der Waals surface area contributed by atoms with E-state index in [1.165, 1.54) is 32.5 Å². The van der Waals surface area contributed by atoms with Gasteiger partial charge in [0.05, 0.1) is 29.8 Å². The summed E-state index contributed by atoms with van der Waals surface area (Å²) in [5.74, 6) is 0.383. The van der Waals surface area contributed by atoms with E-state index in [9.17, 15) is 9.59 Å². The first-order chi connectivity index (χ1) is 14.3. The van der Waals surface area contributed by atoms with E-state index in [4.69, 9.17) is 14.2 Å². The van der Waals surface area contributed by atoms with Gasteiger partial charge >= 0.3 is 5.97 Å². The van der Waals surface area contributed by atoms with E-state index in [1.54, 1.807) is 22.6 Å². The summed E-state index contributed by atoms with van der Waals surface area (Å²) in [5.41, 5.74) is 4.40. The molecule has 0 aliphatic heterocycles. The minimum Gasteiger partial charge on any atom is -0.493 e. The summed E-state index contributed by atoms with van der Waals surface area (Å²) in [6.07, 6.45) is 1.75. The van der Waals surface area contributed by atoms with Crippen LogP contribution in [-0.2, 0) is 4.79 Å². The molecule has 154 valence electrons. The molecule has 0 unspecified atom stereocenters. The van der Waals surface area contributed by atoms with Crippen LogP contribution in [0.5, 0.6) is 17.2 Å². The highest BCUT2D eigenvalue weighted by Gasteiger charge is 2.17. The van der Waals surface area contributed by atoms with Gasteiger partial charge in [-0.2, -0.15) is 0 Å². The number of fused-ring (bicyclic) bond motifs is 3. The summed E-state index contributed by atoms with van der Waals surface area (Å²) in [5, 5.41) is 0. The standard InChI is InChI=1S/C22H20N2O5S/c1-11-6-15-16(7-12(11)2)24-21(26)19(30-22(24)23-15)10-14-8-17(27-4)20(29-13(3)25)18(9-14)28-5/h6-10H,1-5H3. The van der Waals surface area contributed by atoms with Gasteiger partial charge < -0.3 is 14.2 Å². The van der Waals surface area contributed by atoms with Gasteiger partial charge in [0.25, 0.3) is 5.56 Å². The Morgan fingerprint density at radius 1 is 1.07 bits per heavy atom. The van der Waals surface area contributed by atoms with Crippen LogP contribution >= 0.6 is 11.3 Å². The van der Waals surface area contributed by atoms with Gasteiger partial charge in [0.15, 0.2) is 16.5 Å². The quantitative estimate of drug-likeness (QED) is 0.370. The molecular weight excluding hydrogens is 404 g/mol. The highest BCUT2D eigenvalue weighted by atomic mass is 32.1. The molecule has 0 atom stereocenters. The highest BCUT2D eigenvalue weighted by molar-refractivity contribution is 7.15. The number of imidazole rings is 1. The second kappa shape index (κ2) is 7.46. The van der Waals surface area contributed by atoms with E-state index in [0.717, 1.165) is 22.2 Å². The first-order valence-corrected chi connectivity index (χ1v) is 10.0. The number of carbonyl (C=O) groups is 1. The van der Waals surface area contributed by atoms with Gasteiger partial charge in [0.1, 0.15) is 0 Å². The van der Waals surface area contributed by atoms with Crippen LogP contribution < -0.4 is 24.3 Å². The Kier molecular flexibility index (Phi) is 4.95. The summed E-state index contributed by atoms with van der Waals surface area (Å²) >= 11 is 1.31. The van der Waals surface area contributed by atoms with Gasteiger partial charge in [-0.15, -0.1) is 0 Å². The van der Waals surface area contributed by atoms with E-state index in [2.05, 4.69) is 4.98 Å². The zero-order chi connectivity index (χ0) is 21.6. The van der Waals surface area contributed by atoms with Crippen LogP contribution in [0.1, 0.15) is 23.6 Å². The number of rotatable bonds is 4. The third kappa shape index (κ3) is 3.29. The van der Waals surface area contributed by atoms with Crippen LogP contribution in [0.4, 0.5) is 0 Å². The lowest BCUT2D eigenvalue weighted by atomic mass is 10.1. The fourth-order valence-corrected chi connectivity index (χ4v) is 4.28. The Morgan fingerprint density at radius 3 is 2.30 bits per heavy atom. The molecule has 0 saturated carbocycles.